The Hall–Kier alpha value is -2.24. The predicted octanol–water partition coefficient (Wildman–Crippen LogP) is 3.36. The summed E-state index contributed by atoms with van der Waals surface area (Å²) in [5.74, 6) is -0.510. The van der Waals surface area contributed by atoms with Crippen molar-refractivity contribution in [2.75, 3.05) is 25.0 Å². The average Bonchev–Trinajstić information content (AvgIpc) is 2.59. The highest BCUT2D eigenvalue weighted by Gasteiger charge is 2.23. The van der Waals surface area contributed by atoms with Crippen LogP contribution in [0.25, 0.3) is 0 Å². The van der Waals surface area contributed by atoms with Crippen LogP contribution in [0.1, 0.15) is 17.5 Å². The monoisotopic (exact) mass is 342 g/mol. The van der Waals surface area contributed by atoms with Crippen LogP contribution in [0.15, 0.2) is 48.5 Å². The van der Waals surface area contributed by atoms with Gasteiger partial charge in [0.25, 0.3) is 0 Å². The Morgan fingerprint density at radius 1 is 1.28 bits per heavy atom. The molecule has 3 rings (SSSR count). The molecule has 1 atom stereocenters. The number of ether oxygens (including phenoxy) is 1. The first-order valence-electron chi connectivity index (χ1n) is 8.54. The number of carbonyl (C=O) groups is 1. The summed E-state index contributed by atoms with van der Waals surface area (Å²) in [5.41, 5.74) is 2.61. The summed E-state index contributed by atoms with van der Waals surface area (Å²) in [4.78, 5) is 14.6. The molecule has 0 aliphatic carbocycles. The molecule has 4 nitrogen and oxygen atoms in total. The van der Waals surface area contributed by atoms with E-state index in [-0.39, 0.29) is 24.2 Å². The van der Waals surface area contributed by atoms with Crippen molar-refractivity contribution >= 4 is 11.6 Å². The van der Waals surface area contributed by atoms with Crippen LogP contribution in [-0.4, -0.2) is 36.6 Å². The van der Waals surface area contributed by atoms with Crippen LogP contribution in [0.4, 0.5) is 10.1 Å². The first-order valence-corrected chi connectivity index (χ1v) is 8.54. The van der Waals surface area contributed by atoms with E-state index in [0.717, 1.165) is 18.7 Å². The van der Waals surface area contributed by atoms with Crippen molar-refractivity contribution in [3.05, 3.63) is 65.5 Å². The van der Waals surface area contributed by atoms with Crippen LogP contribution in [-0.2, 0) is 16.1 Å². The summed E-state index contributed by atoms with van der Waals surface area (Å²) in [6.45, 7) is 4.88. The summed E-state index contributed by atoms with van der Waals surface area (Å²) in [6.07, 6.45) is 0.118. The fourth-order valence-corrected chi connectivity index (χ4v) is 3.03. The zero-order valence-corrected chi connectivity index (χ0v) is 14.4. The van der Waals surface area contributed by atoms with Crippen molar-refractivity contribution in [1.82, 2.24) is 4.90 Å². The van der Waals surface area contributed by atoms with Crippen LogP contribution >= 0.6 is 0 Å². The van der Waals surface area contributed by atoms with Gasteiger partial charge in [0.2, 0.25) is 5.91 Å². The van der Waals surface area contributed by atoms with E-state index in [4.69, 9.17) is 4.74 Å². The third-order valence-electron chi connectivity index (χ3n) is 4.36. The van der Waals surface area contributed by atoms with Crippen molar-refractivity contribution < 1.29 is 13.9 Å². The Balaban J connectivity index is 1.53. The Bertz CT molecular complexity index is 721. The molecule has 1 N–H and O–H groups in total. The first-order chi connectivity index (χ1) is 12.1. The van der Waals surface area contributed by atoms with Crippen molar-refractivity contribution in [3.63, 3.8) is 0 Å². The van der Waals surface area contributed by atoms with Gasteiger partial charge in [-0.2, -0.15) is 0 Å². The molecular weight excluding hydrogens is 319 g/mol. The van der Waals surface area contributed by atoms with Gasteiger partial charge in [-0.1, -0.05) is 36.4 Å². The quantitative estimate of drug-likeness (QED) is 0.906. The number of halogens is 1. The lowest BCUT2D eigenvalue weighted by atomic mass is 10.1. The maximum Gasteiger partial charge on any atom is 0.227 e. The maximum absolute atomic E-state index is 13.3. The summed E-state index contributed by atoms with van der Waals surface area (Å²) in [6, 6.07) is 14.7. The molecule has 1 heterocycles. The van der Waals surface area contributed by atoms with E-state index in [1.54, 1.807) is 6.07 Å². The number of carbonyl (C=O) groups excluding carboxylic acids is 1. The molecule has 0 spiro atoms. The van der Waals surface area contributed by atoms with E-state index >= 15 is 0 Å². The number of benzene rings is 2. The third-order valence-corrected chi connectivity index (χ3v) is 4.36. The van der Waals surface area contributed by atoms with E-state index in [1.807, 2.05) is 25.1 Å². The molecule has 2 aromatic rings. The van der Waals surface area contributed by atoms with Crippen LogP contribution in [0.2, 0.25) is 0 Å². The Kier molecular flexibility index (Phi) is 5.79. The number of nitrogens with one attached hydrogen (secondary N) is 1. The Labute approximate surface area is 147 Å². The average molecular weight is 342 g/mol. The summed E-state index contributed by atoms with van der Waals surface area (Å²) >= 11 is 0. The maximum atomic E-state index is 13.3. The molecule has 1 aliphatic heterocycles. The minimum absolute atomic E-state index is 0.147. The van der Waals surface area contributed by atoms with Crippen molar-refractivity contribution in [3.8, 4) is 0 Å². The molecule has 25 heavy (non-hydrogen) atoms. The van der Waals surface area contributed by atoms with E-state index in [2.05, 4.69) is 22.3 Å². The molecular formula is C20H23FN2O2. The lowest BCUT2D eigenvalue weighted by Gasteiger charge is -2.32. The van der Waals surface area contributed by atoms with Crippen molar-refractivity contribution in [2.24, 2.45) is 0 Å². The van der Waals surface area contributed by atoms with Crippen molar-refractivity contribution in [1.29, 1.82) is 0 Å². The first kappa shape index (κ1) is 17.6. The van der Waals surface area contributed by atoms with Gasteiger partial charge in [-0.05, 0) is 30.2 Å². The van der Waals surface area contributed by atoms with Gasteiger partial charge in [0, 0.05) is 25.3 Å². The Morgan fingerprint density at radius 3 is 2.88 bits per heavy atom. The van der Waals surface area contributed by atoms with E-state index in [1.165, 1.54) is 17.7 Å². The molecule has 1 amide bonds. The Morgan fingerprint density at radius 2 is 2.08 bits per heavy atom. The second kappa shape index (κ2) is 8.23. The SMILES string of the molecule is Cc1ccc(F)cc1NC(=O)C[C@H]1CN(Cc2ccccc2)CCO1. The molecule has 1 saturated heterocycles. The van der Waals surface area contributed by atoms with Crippen LogP contribution in [0.3, 0.4) is 0 Å². The van der Waals surface area contributed by atoms with Gasteiger partial charge >= 0.3 is 0 Å². The van der Waals surface area contributed by atoms with Gasteiger partial charge in [0.15, 0.2) is 0 Å². The smallest absolute Gasteiger partial charge is 0.227 e. The minimum Gasteiger partial charge on any atom is -0.375 e. The van der Waals surface area contributed by atoms with Gasteiger partial charge < -0.3 is 10.1 Å². The normalized spacial score (nSPS) is 18.1. The van der Waals surface area contributed by atoms with Gasteiger partial charge in [-0.25, -0.2) is 4.39 Å². The fourth-order valence-electron chi connectivity index (χ4n) is 3.03. The molecule has 1 fully saturated rings. The zero-order chi connectivity index (χ0) is 17.6. The van der Waals surface area contributed by atoms with Gasteiger partial charge in [-0.15, -0.1) is 0 Å². The second-order valence-electron chi connectivity index (χ2n) is 6.43. The van der Waals surface area contributed by atoms with Gasteiger partial charge in [-0.3, -0.25) is 9.69 Å². The van der Waals surface area contributed by atoms with E-state index in [9.17, 15) is 9.18 Å². The number of nitrogens with zero attached hydrogens (tertiary/aromatic N) is 1. The molecule has 2 aromatic carbocycles. The van der Waals surface area contributed by atoms with E-state index in [0.29, 0.717) is 18.8 Å². The highest BCUT2D eigenvalue weighted by molar-refractivity contribution is 5.91. The number of anilines is 1. The topological polar surface area (TPSA) is 41.6 Å². The van der Waals surface area contributed by atoms with Gasteiger partial charge in [0.1, 0.15) is 5.82 Å². The largest absolute Gasteiger partial charge is 0.375 e. The molecule has 0 saturated carbocycles. The molecule has 1 aliphatic rings. The number of amides is 1. The second-order valence-corrected chi connectivity index (χ2v) is 6.43. The summed E-state index contributed by atoms with van der Waals surface area (Å²) in [5, 5.41) is 2.79. The lowest BCUT2D eigenvalue weighted by Crippen LogP contribution is -2.43. The fraction of sp³-hybridized carbons (Fsp3) is 0.350. The lowest BCUT2D eigenvalue weighted by molar-refractivity contribution is -0.121. The molecule has 5 heteroatoms. The summed E-state index contributed by atoms with van der Waals surface area (Å²) < 4.78 is 19.1. The number of aryl methyl sites for hydroxylation is 1. The number of morpholine rings is 1. The highest BCUT2D eigenvalue weighted by atomic mass is 19.1. The molecule has 0 radical (unpaired) electrons. The van der Waals surface area contributed by atoms with Crippen molar-refractivity contribution in [2.45, 2.75) is 26.0 Å². The number of rotatable bonds is 5. The summed E-state index contributed by atoms with van der Waals surface area (Å²) in [7, 11) is 0. The van der Waals surface area contributed by atoms with E-state index < -0.39 is 0 Å². The molecule has 0 unspecified atom stereocenters. The number of hydrogen-bond acceptors (Lipinski definition) is 3. The minimum atomic E-state index is -0.358. The molecule has 0 bridgehead atoms. The third kappa shape index (κ3) is 5.11. The van der Waals surface area contributed by atoms with Crippen LogP contribution in [0.5, 0.6) is 0 Å². The standard InChI is InChI=1S/C20H23FN2O2/c1-15-7-8-17(21)11-19(15)22-20(24)12-18-14-23(9-10-25-18)13-16-5-3-2-4-6-16/h2-8,11,18H,9-10,12-14H2,1H3,(H,22,24)/t18-/m0/s1. The highest BCUT2D eigenvalue weighted by Crippen LogP contribution is 2.18. The number of hydrogen-bond donors (Lipinski definition) is 1. The zero-order valence-electron chi connectivity index (χ0n) is 14.4. The van der Waals surface area contributed by atoms with Crippen LogP contribution < -0.4 is 5.32 Å². The molecule has 0 aromatic heterocycles. The predicted molar refractivity (Wildman–Crippen MR) is 95.8 cm³/mol. The molecule has 132 valence electrons. The van der Waals surface area contributed by atoms with Gasteiger partial charge in [0.05, 0.1) is 19.1 Å². The van der Waals surface area contributed by atoms with Crippen LogP contribution in [0, 0.1) is 12.7 Å².